The van der Waals surface area contributed by atoms with E-state index in [1.54, 1.807) is 18.2 Å². The molecule has 3 heterocycles. The van der Waals surface area contributed by atoms with Crippen LogP contribution in [0.1, 0.15) is 31.2 Å². The molecule has 1 atom stereocenters. The zero-order valence-corrected chi connectivity index (χ0v) is 24.0. The minimum atomic E-state index is -4.32. The van der Waals surface area contributed by atoms with E-state index in [0.29, 0.717) is 42.1 Å². The summed E-state index contributed by atoms with van der Waals surface area (Å²) in [6.07, 6.45) is 2.37. The third-order valence-corrected chi connectivity index (χ3v) is 9.67. The van der Waals surface area contributed by atoms with Crippen LogP contribution >= 0.6 is 23.2 Å². The molecule has 10 nitrogen and oxygen atoms in total. The quantitative estimate of drug-likeness (QED) is 0.403. The van der Waals surface area contributed by atoms with E-state index in [1.165, 1.54) is 38.5 Å². The second-order valence-electron chi connectivity index (χ2n) is 9.26. The highest BCUT2D eigenvalue weighted by Crippen LogP contribution is 2.50. The first-order valence-electron chi connectivity index (χ1n) is 12.2. The van der Waals surface area contributed by atoms with Gasteiger partial charge >= 0.3 is 0 Å². The molecule has 3 saturated heterocycles. The molecule has 1 unspecified atom stereocenters. The standard InChI is InChI=1S/C21H17Cl2NO6S.C6H9NO2/c1-29-16-5-3-14(22)8-12(16)7-13-11-24-19(25)10-21(24,20(13)26)31(27,28)18-6-4-15(23)9-17(18)30-2;8-5-1-2-6(9)7-4-3-5/h3-9H,10-11H2,1-2H3;1-4H2,(H,7,9). The summed E-state index contributed by atoms with van der Waals surface area (Å²) in [6.45, 7) is 0.389. The number of β-lactam (4-membered cyclic amide) rings is 1. The smallest absolute Gasteiger partial charge is 0.228 e. The number of amides is 2. The number of carbonyl (C=O) groups is 4. The molecule has 5 rings (SSSR count). The molecule has 2 amide bonds. The second kappa shape index (κ2) is 11.6. The first-order chi connectivity index (χ1) is 18.9. The first kappa shape index (κ1) is 29.6. The average molecular weight is 609 g/mol. The molecular formula is C27H26Cl2N2O8S. The molecule has 3 aliphatic heterocycles. The Labute approximate surface area is 241 Å². The number of methoxy groups -OCH3 is 2. The normalized spacial score (nSPS) is 21.6. The summed E-state index contributed by atoms with van der Waals surface area (Å²) < 4.78 is 37.7. The van der Waals surface area contributed by atoms with Crippen molar-refractivity contribution in [3.05, 3.63) is 57.6 Å². The zero-order chi connectivity index (χ0) is 29.2. The van der Waals surface area contributed by atoms with Crippen LogP contribution in [0.3, 0.4) is 0 Å². The number of rotatable bonds is 5. The summed E-state index contributed by atoms with van der Waals surface area (Å²) in [6, 6.07) is 8.89. The molecule has 13 heteroatoms. The van der Waals surface area contributed by atoms with Crippen LogP contribution in [0.4, 0.5) is 0 Å². The minimum absolute atomic E-state index is 0.000787. The first-order valence-corrected chi connectivity index (χ1v) is 14.4. The molecule has 1 N–H and O–H groups in total. The highest BCUT2D eigenvalue weighted by atomic mass is 35.5. The Kier molecular flexibility index (Phi) is 8.57. The van der Waals surface area contributed by atoms with Crippen LogP contribution in [0, 0.1) is 0 Å². The molecule has 3 fully saturated rings. The Morgan fingerprint density at radius 1 is 0.925 bits per heavy atom. The number of nitrogens with zero attached hydrogens (tertiary/aromatic N) is 1. The van der Waals surface area contributed by atoms with Crippen LogP contribution in [0.15, 0.2) is 46.9 Å². The topological polar surface area (TPSA) is 136 Å². The van der Waals surface area contributed by atoms with Gasteiger partial charge in [0.05, 0.1) is 27.2 Å². The van der Waals surface area contributed by atoms with Gasteiger partial charge in [-0.15, -0.1) is 0 Å². The van der Waals surface area contributed by atoms with Crippen molar-refractivity contribution in [2.45, 2.75) is 35.4 Å². The van der Waals surface area contributed by atoms with Gasteiger partial charge in [-0.05, 0) is 36.4 Å². The summed E-state index contributed by atoms with van der Waals surface area (Å²) >= 11 is 12.0. The third-order valence-electron chi connectivity index (χ3n) is 6.84. The molecule has 0 saturated carbocycles. The van der Waals surface area contributed by atoms with Crippen LogP contribution in [0.2, 0.25) is 10.0 Å². The largest absolute Gasteiger partial charge is 0.496 e. The molecule has 0 bridgehead atoms. The maximum atomic E-state index is 13.6. The Morgan fingerprint density at radius 2 is 1.60 bits per heavy atom. The molecule has 3 aliphatic rings. The molecule has 40 heavy (non-hydrogen) atoms. The lowest BCUT2D eigenvalue weighted by Gasteiger charge is -2.44. The number of Topliss-reactive ketones (excluding diaryl/α,β-unsaturated/α-hetero) is 2. The van der Waals surface area contributed by atoms with E-state index in [9.17, 15) is 27.6 Å². The predicted octanol–water partition coefficient (Wildman–Crippen LogP) is 3.23. The Hall–Kier alpha value is -3.41. The van der Waals surface area contributed by atoms with E-state index in [0.717, 1.165) is 4.90 Å². The van der Waals surface area contributed by atoms with Crippen LogP contribution in [0.5, 0.6) is 11.5 Å². The zero-order valence-electron chi connectivity index (χ0n) is 21.7. The Bertz CT molecular complexity index is 1520. The highest BCUT2D eigenvalue weighted by Gasteiger charge is 2.70. The van der Waals surface area contributed by atoms with Gasteiger partial charge in [0.25, 0.3) is 0 Å². The van der Waals surface area contributed by atoms with Crippen LogP contribution in [0.25, 0.3) is 6.08 Å². The lowest BCUT2D eigenvalue weighted by Crippen LogP contribution is -2.67. The van der Waals surface area contributed by atoms with Gasteiger partial charge in [-0.1, -0.05) is 23.2 Å². The number of halogens is 2. The lowest BCUT2D eigenvalue weighted by molar-refractivity contribution is -0.150. The predicted molar refractivity (Wildman–Crippen MR) is 147 cm³/mol. The summed E-state index contributed by atoms with van der Waals surface area (Å²) in [4.78, 5) is 45.8. The number of carbonyl (C=O) groups excluding carboxylic acids is 4. The van der Waals surface area contributed by atoms with E-state index in [4.69, 9.17) is 32.7 Å². The van der Waals surface area contributed by atoms with Gasteiger partial charge in [-0.25, -0.2) is 8.42 Å². The van der Waals surface area contributed by atoms with Crippen molar-refractivity contribution in [3.63, 3.8) is 0 Å². The molecule has 0 aliphatic carbocycles. The monoisotopic (exact) mass is 608 g/mol. The van der Waals surface area contributed by atoms with Gasteiger partial charge in [-0.3, -0.25) is 19.2 Å². The van der Waals surface area contributed by atoms with Crippen LogP contribution in [-0.4, -0.2) is 68.9 Å². The van der Waals surface area contributed by atoms with Crippen molar-refractivity contribution in [1.29, 1.82) is 0 Å². The van der Waals surface area contributed by atoms with E-state index >= 15 is 0 Å². The molecule has 2 aromatic rings. The molecule has 0 radical (unpaired) electrons. The van der Waals surface area contributed by atoms with Gasteiger partial charge in [-0.2, -0.15) is 0 Å². The summed E-state index contributed by atoms with van der Waals surface area (Å²) in [5.74, 6) is -0.434. The fourth-order valence-electron chi connectivity index (χ4n) is 4.75. The molecule has 2 aromatic carbocycles. The molecule has 212 valence electrons. The number of benzene rings is 2. The SMILES string of the molecule is COc1ccc(Cl)cc1C=C1CN2C(=O)CC2(S(=O)(=O)c2ccc(Cl)cc2OC)C1=O.O=C1CCNC(=O)CC1. The number of ether oxygens (including phenoxy) is 2. The number of ketones is 2. The second-order valence-corrected chi connectivity index (χ2v) is 12.3. The third kappa shape index (κ3) is 5.33. The highest BCUT2D eigenvalue weighted by molar-refractivity contribution is 7.94. The molecule has 0 spiro atoms. The minimum Gasteiger partial charge on any atom is -0.496 e. The van der Waals surface area contributed by atoms with Gasteiger partial charge in [0.2, 0.25) is 32.3 Å². The van der Waals surface area contributed by atoms with Crippen LogP contribution < -0.4 is 14.8 Å². The fourth-order valence-corrected chi connectivity index (χ4v) is 7.26. The van der Waals surface area contributed by atoms with E-state index < -0.39 is 32.8 Å². The van der Waals surface area contributed by atoms with Crippen molar-refractivity contribution in [2.75, 3.05) is 27.3 Å². The summed E-state index contributed by atoms with van der Waals surface area (Å²) in [7, 11) is -1.54. The van der Waals surface area contributed by atoms with Gasteiger partial charge in [0, 0.05) is 53.1 Å². The van der Waals surface area contributed by atoms with Crippen molar-refractivity contribution < 1.29 is 37.1 Å². The lowest BCUT2D eigenvalue weighted by atomic mass is 9.99. The van der Waals surface area contributed by atoms with Crippen molar-refractivity contribution in [2.24, 2.45) is 0 Å². The number of sulfone groups is 1. The number of fused-ring (bicyclic) bond motifs is 1. The van der Waals surface area contributed by atoms with Gasteiger partial charge in [0.1, 0.15) is 22.2 Å². The van der Waals surface area contributed by atoms with Crippen molar-refractivity contribution in [1.82, 2.24) is 10.2 Å². The average Bonchev–Trinajstić information content (AvgIpc) is 3.00. The summed E-state index contributed by atoms with van der Waals surface area (Å²) in [5, 5.41) is 3.32. The van der Waals surface area contributed by atoms with Gasteiger partial charge in [0.15, 0.2) is 0 Å². The van der Waals surface area contributed by atoms with E-state index in [-0.39, 0.29) is 39.5 Å². The van der Waals surface area contributed by atoms with Crippen LogP contribution in [-0.2, 0) is 29.0 Å². The number of nitrogens with one attached hydrogen (secondary N) is 1. The van der Waals surface area contributed by atoms with E-state index in [1.807, 2.05) is 0 Å². The Balaban J connectivity index is 0.000000350. The van der Waals surface area contributed by atoms with Gasteiger partial charge < -0.3 is 19.7 Å². The molecule has 0 aromatic heterocycles. The number of hydrogen-bond donors (Lipinski definition) is 1. The number of hydrogen-bond acceptors (Lipinski definition) is 8. The Morgan fingerprint density at radius 3 is 2.27 bits per heavy atom. The van der Waals surface area contributed by atoms with E-state index in [2.05, 4.69) is 5.32 Å². The summed E-state index contributed by atoms with van der Waals surface area (Å²) in [5.41, 5.74) is 0.674. The fraction of sp³-hybridized carbons (Fsp3) is 0.333. The molecular weight excluding hydrogens is 583 g/mol. The maximum absolute atomic E-state index is 13.6. The van der Waals surface area contributed by atoms with Crippen molar-refractivity contribution >= 4 is 62.5 Å². The van der Waals surface area contributed by atoms with Crippen molar-refractivity contribution in [3.8, 4) is 11.5 Å². The maximum Gasteiger partial charge on any atom is 0.228 e.